The van der Waals surface area contributed by atoms with Gasteiger partial charge in [-0.1, -0.05) is 25.1 Å². The van der Waals surface area contributed by atoms with E-state index in [9.17, 15) is 14.7 Å². The number of hydrogen-bond acceptors (Lipinski definition) is 6. The van der Waals surface area contributed by atoms with Crippen molar-refractivity contribution in [1.82, 2.24) is 4.90 Å². The van der Waals surface area contributed by atoms with Crippen LogP contribution in [0.5, 0.6) is 11.5 Å². The van der Waals surface area contributed by atoms with Gasteiger partial charge in [0.2, 0.25) is 6.79 Å². The highest BCUT2D eigenvalue weighted by Gasteiger charge is 2.51. The largest absolute Gasteiger partial charge is 0.454 e. The van der Waals surface area contributed by atoms with E-state index < -0.39 is 11.5 Å². The molecule has 0 radical (unpaired) electrons. The third kappa shape index (κ3) is 3.47. The lowest BCUT2D eigenvalue weighted by atomic mass is 9.88. The van der Waals surface area contributed by atoms with E-state index in [0.29, 0.717) is 40.9 Å². The van der Waals surface area contributed by atoms with Crippen LogP contribution in [0.15, 0.2) is 42.5 Å². The topological polar surface area (TPSA) is 79.3 Å². The Bertz CT molecular complexity index is 1030. The molecule has 162 valence electrons. The number of ether oxygens (including phenoxy) is 2. The normalized spacial score (nSPS) is 23.3. The number of nitrogens with zero attached hydrogens (tertiary/aromatic N) is 2. The molecule has 0 saturated carbocycles. The van der Waals surface area contributed by atoms with Crippen molar-refractivity contribution in [3.05, 3.63) is 53.6 Å². The van der Waals surface area contributed by atoms with Gasteiger partial charge in [-0.05, 0) is 43.0 Å². The van der Waals surface area contributed by atoms with Gasteiger partial charge in [0.25, 0.3) is 5.91 Å². The number of anilines is 1. The summed E-state index contributed by atoms with van der Waals surface area (Å²) < 4.78 is 10.6. The van der Waals surface area contributed by atoms with Gasteiger partial charge in [0, 0.05) is 24.2 Å². The third-order valence-corrected chi connectivity index (χ3v) is 6.57. The number of amides is 1. The second-order valence-electron chi connectivity index (χ2n) is 8.72. The summed E-state index contributed by atoms with van der Waals surface area (Å²) in [6.07, 6.45) is 1.86. The number of ketones is 1. The SMILES string of the molecule is CC1CCN(CN2C(=O)[C@@](O)(CC(=O)c3ccc4c(c3)OCO4)c3ccccc32)CC1. The summed E-state index contributed by atoms with van der Waals surface area (Å²) in [5.41, 5.74) is -0.342. The number of Topliss-reactive ketones (excluding diaryl/α,β-unsaturated/α-hetero) is 1. The summed E-state index contributed by atoms with van der Waals surface area (Å²) in [5.74, 6) is 1.00. The van der Waals surface area contributed by atoms with Gasteiger partial charge in [-0.25, -0.2) is 0 Å². The van der Waals surface area contributed by atoms with Crippen LogP contribution in [0.4, 0.5) is 5.69 Å². The number of benzene rings is 2. The molecule has 3 aliphatic heterocycles. The maximum absolute atomic E-state index is 13.4. The highest BCUT2D eigenvalue weighted by atomic mass is 16.7. The smallest absolute Gasteiger partial charge is 0.265 e. The van der Waals surface area contributed by atoms with E-state index in [0.717, 1.165) is 25.9 Å². The molecule has 3 heterocycles. The maximum Gasteiger partial charge on any atom is 0.265 e. The molecule has 1 N–H and O–H groups in total. The fraction of sp³-hybridized carbons (Fsp3) is 0.417. The molecule has 5 rings (SSSR count). The summed E-state index contributed by atoms with van der Waals surface area (Å²) in [6.45, 7) is 4.62. The van der Waals surface area contributed by atoms with Crippen LogP contribution in [0.2, 0.25) is 0 Å². The summed E-state index contributed by atoms with van der Waals surface area (Å²) in [7, 11) is 0. The molecule has 3 aliphatic rings. The van der Waals surface area contributed by atoms with E-state index in [1.165, 1.54) is 0 Å². The van der Waals surface area contributed by atoms with E-state index in [1.54, 1.807) is 35.2 Å². The summed E-state index contributed by atoms with van der Waals surface area (Å²) in [5, 5.41) is 11.5. The van der Waals surface area contributed by atoms with Crippen LogP contribution in [0.3, 0.4) is 0 Å². The summed E-state index contributed by atoms with van der Waals surface area (Å²) in [4.78, 5) is 30.3. The van der Waals surface area contributed by atoms with Crippen molar-refractivity contribution in [2.75, 3.05) is 31.5 Å². The van der Waals surface area contributed by atoms with Crippen molar-refractivity contribution in [3.8, 4) is 11.5 Å². The monoisotopic (exact) mass is 422 g/mol. The van der Waals surface area contributed by atoms with E-state index in [1.807, 2.05) is 12.1 Å². The average Bonchev–Trinajstić information content (AvgIpc) is 3.32. The lowest BCUT2D eigenvalue weighted by Gasteiger charge is -2.34. The first-order chi connectivity index (χ1) is 15.0. The van der Waals surface area contributed by atoms with Crippen molar-refractivity contribution < 1.29 is 24.2 Å². The zero-order valence-electron chi connectivity index (χ0n) is 17.5. The number of carbonyl (C=O) groups is 2. The van der Waals surface area contributed by atoms with Crippen molar-refractivity contribution in [3.63, 3.8) is 0 Å². The molecule has 0 unspecified atom stereocenters. The first kappa shape index (κ1) is 20.0. The molecule has 1 atom stereocenters. The molecule has 0 bridgehead atoms. The maximum atomic E-state index is 13.4. The van der Waals surface area contributed by atoms with Crippen LogP contribution in [-0.2, 0) is 10.4 Å². The standard InChI is InChI=1S/C24H26N2O5/c1-16-8-10-25(11-9-16)14-26-19-5-3-2-4-18(19)24(29,23(26)28)13-20(27)17-6-7-21-22(12-17)31-15-30-21/h2-7,12,16,29H,8-11,13-15H2,1H3/t24-/m1/s1. The Hall–Kier alpha value is -2.90. The van der Waals surface area contributed by atoms with Crippen LogP contribution in [-0.4, -0.2) is 48.2 Å². The Labute approximate surface area is 181 Å². The van der Waals surface area contributed by atoms with Gasteiger partial charge >= 0.3 is 0 Å². The molecule has 0 aromatic heterocycles. The predicted octanol–water partition coefficient (Wildman–Crippen LogP) is 2.91. The van der Waals surface area contributed by atoms with Crippen LogP contribution < -0.4 is 14.4 Å². The molecular formula is C24H26N2O5. The Morgan fingerprint density at radius 3 is 2.68 bits per heavy atom. The van der Waals surface area contributed by atoms with Crippen LogP contribution >= 0.6 is 0 Å². The first-order valence-electron chi connectivity index (χ1n) is 10.7. The number of aliphatic hydroxyl groups is 1. The van der Waals surface area contributed by atoms with E-state index in [2.05, 4.69) is 11.8 Å². The Morgan fingerprint density at radius 2 is 1.87 bits per heavy atom. The van der Waals surface area contributed by atoms with Crippen molar-refractivity contribution in [2.24, 2.45) is 5.92 Å². The molecule has 0 spiro atoms. The van der Waals surface area contributed by atoms with Crippen molar-refractivity contribution in [1.29, 1.82) is 0 Å². The van der Waals surface area contributed by atoms with Gasteiger partial charge in [0.05, 0.1) is 18.8 Å². The molecule has 1 saturated heterocycles. The third-order valence-electron chi connectivity index (χ3n) is 6.57. The minimum Gasteiger partial charge on any atom is -0.454 e. The van der Waals surface area contributed by atoms with Gasteiger partial charge in [0.1, 0.15) is 0 Å². The zero-order valence-corrected chi connectivity index (χ0v) is 17.5. The van der Waals surface area contributed by atoms with Crippen LogP contribution in [0, 0.1) is 5.92 Å². The molecule has 0 aliphatic carbocycles. The number of carbonyl (C=O) groups excluding carboxylic acids is 2. The average molecular weight is 422 g/mol. The number of hydrogen-bond donors (Lipinski definition) is 1. The van der Waals surface area contributed by atoms with Crippen LogP contribution in [0.25, 0.3) is 0 Å². The molecule has 1 fully saturated rings. The highest BCUT2D eigenvalue weighted by Crippen LogP contribution is 2.43. The zero-order chi connectivity index (χ0) is 21.6. The highest BCUT2D eigenvalue weighted by molar-refractivity contribution is 6.10. The predicted molar refractivity (Wildman–Crippen MR) is 114 cm³/mol. The van der Waals surface area contributed by atoms with Crippen molar-refractivity contribution >= 4 is 17.4 Å². The summed E-state index contributed by atoms with van der Waals surface area (Å²) in [6, 6.07) is 12.1. The minimum atomic E-state index is -1.88. The molecule has 7 nitrogen and oxygen atoms in total. The Kier molecular flexibility index (Phi) is 4.95. The van der Waals surface area contributed by atoms with Gasteiger partial charge in [0.15, 0.2) is 22.9 Å². The Balaban J connectivity index is 1.40. The van der Waals surface area contributed by atoms with E-state index in [4.69, 9.17) is 9.47 Å². The number of rotatable bonds is 5. The second kappa shape index (κ2) is 7.66. The lowest BCUT2D eigenvalue weighted by Crippen LogP contribution is -2.48. The molecular weight excluding hydrogens is 396 g/mol. The summed E-state index contributed by atoms with van der Waals surface area (Å²) >= 11 is 0. The first-order valence-corrected chi connectivity index (χ1v) is 10.7. The Morgan fingerprint density at radius 1 is 1.13 bits per heavy atom. The molecule has 1 amide bonds. The van der Waals surface area contributed by atoms with Gasteiger partial charge in [-0.2, -0.15) is 0 Å². The molecule has 2 aromatic rings. The van der Waals surface area contributed by atoms with Gasteiger partial charge in [-0.3, -0.25) is 19.4 Å². The van der Waals surface area contributed by atoms with Crippen molar-refractivity contribution in [2.45, 2.75) is 31.8 Å². The van der Waals surface area contributed by atoms with Gasteiger partial charge < -0.3 is 14.6 Å². The van der Waals surface area contributed by atoms with Crippen LogP contribution in [0.1, 0.15) is 42.1 Å². The molecule has 31 heavy (non-hydrogen) atoms. The number of piperidine rings is 1. The number of para-hydroxylation sites is 1. The fourth-order valence-electron chi connectivity index (χ4n) is 4.63. The quantitative estimate of drug-likeness (QED) is 0.747. The second-order valence-corrected chi connectivity index (χ2v) is 8.72. The lowest BCUT2D eigenvalue weighted by molar-refractivity contribution is -0.136. The number of fused-ring (bicyclic) bond motifs is 2. The van der Waals surface area contributed by atoms with E-state index in [-0.39, 0.29) is 19.0 Å². The van der Waals surface area contributed by atoms with E-state index >= 15 is 0 Å². The van der Waals surface area contributed by atoms with Gasteiger partial charge in [-0.15, -0.1) is 0 Å². The molecule has 2 aromatic carbocycles. The molecule has 7 heteroatoms. The number of likely N-dealkylation sites (tertiary alicyclic amines) is 1. The fourth-order valence-corrected chi connectivity index (χ4v) is 4.63. The minimum absolute atomic E-state index is 0.118.